The molecule has 0 aliphatic heterocycles. The van der Waals surface area contributed by atoms with Crippen LogP contribution in [0.5, 0.6) is 0 Å². The quantitative estimate of drug-likeness (QED) is 0.580. The molecule has 0 radical (unpaired) electrons. The topological polar surface area (TPSA) is 12.9 Å². The highest BCUT2D eigenvalue weighted by Crippen LogP contribution is 2.26. The van der Waals surface area contributed by atoms with Gasteiger partial charge in [0.15, 0.2) is 0 Å². The normalized spacial score (nSPS) is 10.9. The molecule has 0 aliphatic carbocycles. The molecule has 0 atom stereocenters. The summed E-state index contributed by atoms with van der Waals surface area (Å²) >= 11 is 5.82. The third kappa shape index (κ3) is 2.29. The Hall–Kier alpha value is -2.00. The second-order valence-electron chi connectivity index (χ2n) is 4.17. The Morgan fingerprint density at radius 3 is 2.58 bits per heavy atom. The molecule has 3 rings (SSSR count). The highest BCUT2D eigenvalue weighted by molar-refractivity contribution is 6.31. The molecule has 3 aromatic rings. The zero-order chi connectivity index (χ0) is 13.4. The first kappa shape index (κ1) is 12.1. The van der Waals surface area contributed by atoms with E-state index in [-0.39, 0.29) is 5.82 Å². The van der Waals surface area contributed by atoms with Gasteiger partial charge in [0.2, 0.25) is 5.95 Å². The largest absolute Gasteiger partial charge is 0.221 e. The van der Waals surface area contributed by atoms with Crippen molar-refractivity contribution in [2.24, 2.45) is 0 Å². The summed E-state index contributed by atoms with van der Waals surface area (Å²) in [4.78, 5) is 3.86. The van der Waals surface area contributed by atoms with E-state index in [9.17, 15) is 8.78 Å². The van der Waals surface area contributed by atoms with E-state index in [0.29, 0.717) is 27.1 Å². The zero-order valence-corrected chi connectivity index (χ0v) is 10.5. The van der Waals surface area contributed by atoms with E-state index in [4.69, 9.17) is 11.6 Å². The van der Waals surface area contributed by atoms with Crippen LogP contribution >= 0.6 is 11.6 Å². The van der Waals surface area contributed by atoms with E-state index < -0.39 is 5.95 Å². The van der Waals surface area contributed by atoms with Crippen LogP contribution in [0.2, 0.25) is 5.02 Å². The fraction of sp³-hybridized carbons (Fsp3) is 0. The van der Waals surface area contributed by atoms with E-state index in [1.165, 1.54) is 18.2 Å². The Labute approximate surface area is 113 Å². The number of aromatic nitrogens is 1. The standard InChI is InChI=1S/C15H8ClF2N/c16-11-5-4-9-7-14(19-15(18)13(9)8-11)10-2-1-3-12(17)6-10/h1-8H. The molecule has 0 unspecified atom stereocenters. The molecular formula is C15H8ClF2N. The molecule has 0 saturated carbocycles. The van der Waals surface area contributed by atoms with Crippen LogP contribution in [0.25, 0.3) is 22.0 Å². The number of pyridine rings is 1. The molecule has 4 heteroatoms. The van der Waals surface area contributed by atoms with Crippen molar-refractivity contribution in [2.75, 3.05) is 0 Å². The molecule has 0 spiro atoms. The molecule has 1 heterocycles. The average Bonchev–Trinajstić information content (AvgIpc) is 2.39. The number of hydrogen-bond acceptors (Lipinski definition) is 1. The SMILES string of the molecule is Fc1cccc(-c2cc3ccc(Cl)cc3c(F)n2)c1. The first-order valence-corrected chi connectivity index (χ1v) is 6.03. The van der Waals surface area contributed by atoms with Gasteiger partial charge in [-0.25, -0.2) is 9.37 Å². The molecule has 0 bridgehead atoms. The summed E-state index contributed by atoms with van der Waals surface area (Å²) in [5, 5.41) is 1.48. The van der Waals surface area contributed by atoms with E-state index in [1.807, 2.05) is 0 Å². The molecule has 0 fully saturated rings. The maximum atomic E-state index is 13.9. The van der Waals surface area contributed by atoms with Gasteiger partial charge < -0.3 is 0 Å². The first-order valence-electron chi connectivity index (χ1n) is 5.65. The summed E-state index contributed by atoms with van der Waals surface area (Å²) in [6, 6.07) is 12.5. The van der Waals surface area contributed by atoms with Crippen LogP contribution in [-0.4, -0.2) is 4.98 Å². The van der Waals surface area contributed by atoms with Gasteiger partial charge in [-0.3, -0.25) is 0 Å². The lowest BCUT2D eigenvalue weighted by Crippen LogP contribution is -1.91. The third-order valence-electron chi connectivity index (χ3n) is 2.87. The van der Waals surface area contributed by atoms with Crippen LogP contribution in [-0.2, 0) is 0 Å². The van der Waals surface area contributed by atoms with Crippen LogP contribution < -0.4 is 0 Å². The van der Waals surface area contributed by atoms with Crippen LogP contribution in [0.4, 0.5) is 8.78 Å². The van der Waals surface area contributed by atoms with E-state index in [2.05, 4.69) is 4.98 Å². The van der Waals surface area contributed by atoms with Gasteiger partial charge in [0.1, 0.15) is 5.82 Å². The zero-order valence-electron chi connectivity index (χ0n) is 9.70. The van der Waals surface area contributed by atoms with Crippen molar-refractivity contribution < 1.29 is 8.78 Å². The number of fused-ring (bicyclic) bond motifs is 1. The van der Waals surface area contributed by atoms with Gasteiger partial charge in [0.25, 0.3) is 0 Å². The van der Waals surface area contributed by atoms with Gasteiger partial charge in [-0.1, -0.05) is 29.8 Å². The molecule has 2 aromatic carbocycles. The number of rotatable bonds is 1. The minimum Gasteiger partial charge on any atom is -0.219 e. The minimum atomic E-state index is -0.612. The lowest BCUT2D eigenvalue weighted by atomic mass is 10.1. The third-order valence-corrected chi connectivity index (χ3v) is 3.10. The Morgan fingerprint density at radius 2 is 1.79 bits per heavy atom. The van der Waals surface area contributed by atoms with Crippen molar-refractivity contribution in [3.05, 3.63) is 65.3 Å². The summed E-state index contributed by atoms with van der Waals surface area (Å²) in [6.07, 6.45) is 0. The molecule has 0 amide bonds. The number of nitrogens with zero attached hydrogens (tertiary/aromatic N) is 1. The Bertz CT molecular complexity index is 771. The monoisotopic (exact) mass is 275 g/mol. The van der Waals surface area contributed by atoms with Crippen molar-refractivity contribution in [1.29, 1.82) is 0 Å². The Kier molecular flexibility index (Phi) is 2.91. The molecule has 0 aliphatic rings. The lowest BCUT2D eigenvalue weighted by molar-refractivity contribution is 0.598. The highest BCUT2D eigenvalue weighted by atomic mass is 35.5. The second-order valence-corrected chi connectivity index (χ2v) is 4.61. The van der Waals surface area contributed by atoms with Crippen LogP contribution in [0.1, 0.15) is 0 Å². The van der Waals surface area contributed by atoms with E-state index >= 15 is 0 Å². The molecule has 0 saturated heterocycles. The smallest absolute Gasteiger partial charge is 0.219 e. The predicted molar refractivity (Wildman–Crippen MR) is 72.1 cm³/mol. The van der Waals surface area contributed by atoms with Gasteiger partial charge in [0.05, 0.1) is 5.69 Å². The first-order chi connectivity index (χ1) is 9.13. The molecule has 94 valence electrons. The Balaban J connectivity index is 2.24. The van der Waals surface area contributed by atoms with Gasteiger partial charge in [-0.15, -0.1) is 0 Å². The molecule has 19 heavy (non-hydrogen) atoms. The van der Waals surface area contributed by atoms with Crippen molar-refractivity contribution in [3.63, 3.8) is 0 Å². The van der Waals surface area contributed by atoms with Gasteiger partial charge >= 0.3 is 0 Å². The summed E-state index contributed by atoms with van der Waals surface area (Å²) in [6.45, 7) is 0. The molecule has 1 aromatic heterocycles. The maximum absolute atomic E-state index is 13.9. The predicted octanol–water partition coefficient (Wildman–Crippen LogP) is 4.83. The number of benzene rings is 2. The Morgan fingerprint density at radius 1 is 0.947 bits per heavy atom. The van der Waals surface area contributed by atoms with Crippen LogP contribution in [0.3, 0.4) is 0 Å². The maximum Gasteiger partial charge on any atom is 0.221 e. The average molecular weight is 276 g/mol. The summed E-state index contributed by atoms with van der Waals surface area (Å²) in [5.41, 5.74) is 0.933. The number of halogens is 3. The highest BCUT2D eigenvalue weighted by Gasteiger charge is 2.08. The van der Waals surface area contributed by atoms with Gasteiger partial charge in [0, 0.05) is 16.0 Å². The van der Waals surface area contributed by atoms with Gasteiger partial charge in [-0.2, -0.15) is 4.39 Å². The van der Waals surface area contributed by atoms with Crippen molar-refractivity contribution in [2.45, 2.75) is 0 Å². The lowest BCUT2D eigenvalue weighted by Gasteiger charge is -2.05. The van der Waals surface area contributed by atoms with E-state index in [1.54, 1.807) is 30.3 Å². The fourth-order valence-electron chi connectivity index (χ4n) is 1.97. The van der Waals surface area contributed by atoms with Gasteiger partial charge in [-0.05, 0) is 35.7 Å². The molecular weight excluding hydrogens is 268 g/mol. The number of hydrogen-bond donors (Lipinski definition) is 0. The van der Waals surface area contributed by atoms with Crippen LogP contribution in [0.15, 0.2) is 48.5 Å². The van der Waals surface area contributed by atoms with Crippen LogP contribution in [0, 0.1) is 11.8 Å². The fourth-order valence-corrected chi connectivity index (χ4v) is 2.15. The second kappa shape index (κ2) is 4.59. The summed E-state index contributed by atoms with van der Waals surface area (Å²) in [7, 11) is 0. The minimum absolute atomic E-state index is 0.354. The summed E-state index contributed by atoms with van der Waals surface area (Å²) < 4.78 is 27.1. The van der Waals surface area contributed by atoms with Crippen molar-refractivity contribution in [3.8, 4) is 11.3 Å². The molecule has 1 nitrogen and oxygen atoms in total. The van der Waals surface area contributed by atoms with Crippen molar-refractivity contribution in [1.82, 2.24) is 4.98 Å². The summed E-state index contributed by atoms with van der Waals surface area (Å²) in [5.74, 6) is -0.991. The van der Waals surface area contributed by atoms with Crippen molar-refractivity contribution >= 4 is 22.4 Å². The molecule has 0 N–H and O–H groups in total. The van der Waals surface area contributed by atoms with E-state index in [0.717, 1.165) is 0 Å².